The Morgan fingerprint density at radius 3 is 2.36 bits per heavy atom. The van der Waals surface area contributed by atoms with Gasteiger partial charge in [-0.25, -0.2) is 4.68 Å². The second-order valence-electron chi connectivity index (χ2n) is 7.38. The number of carbonyl (C=O) groups is 2. The lowest BCUT2D eigenvalue weighted by atomic mass is 10.1. The van der Waals surface area contributed by atoms with Crippen molar-refractivity contribution in [1.82, 2.24) is 24.9 Å². The molecule has 2 aromatic rings. The highest BCUT2D eigenvalue weighted by molar-refractivity contribution is 5.94. The van der Waals surface area contributed by atoms with Gasteiger partial charge < -0.3 is 10.2 Å². The summed E-state index contributed by atoms with van der Waals surface area (Å²) in [5.74, 6) is 0.0890. The molecule has 0 spiro atoms. The van der Waals surface area contributed by atoms with Crippen molar-refractivity contribution in [3.8, 4) is 5.69 Å². The van der Waals surface area contributed by atoms with E-state index in [1.807, 2.05) is 53.8 Å². The summed E-state index contributed by atoms with van der Waals surface area (Å²) in [7, 11) is 0. The number of nitrogens with zero attached hydrogens (tertiary/aromatic N) is 4. The average molecular weight is 383 g/mol. The van der Waals surface area contributed by atoms with Crippen LogP contribution in [0.3, 0.4) is 0 Å². The first-order valence-corrected chi connectivity index (χ1v) is 9.90. The molecular weight excluding hydrogens is 354 g/mol. The zero-order valence-electron chi connectivity index (χ0n) is 16.9. The largest absolute Gasteiger partial charge is 0.353 e. The van der Waals surface area contributed by atoms with Crippen LogP contribution in [0.25, 0.3) is 5.69 Å². The van der Waals surface area contributed by atoms with Crippen molar-refractivity contribution in [1.29, 1.82) is 0 Å². The van der Waals surface area contributed by atoms with E-state index in [0.29, 0.717) is 38.3 Å². The molecule has 7 nitrogen and oxygen atoms in total. The Kier molecular flexibility index (Phi) is 6.46. The van der Waals surface area contributed by atoms with Gasteiger partial charge >= 0.3 is 0 Å². The summed E-state index contributed by atoms with van der Waals surface area (Å²) in [5, 5.41) is 7.28. The Hall–Kier alpha value is -2.67. The van der Waals surface area contributed by atoms with E-state index >= 15 is 0 Å². The molecule has 150 valence electrons. The van der Waals surface area contributed by atoms with Gasteiger partial charge in [0.25, 0.3) is 5.91 Å². The first-order valence-electron chi connectivity index (χ1n) is 9.90. The zero-order valence-corrected chi connectivity index (χ0v) is 16.9. The SMILES string of the molecule is CCC(C)NC(=O)CN1CCN(C(=O)c2ccc(-n3nccc3C)cc2)CC1. The van der Waals surface area contributed by atoms with Gasteiger partial charge in [0.2, 0.25) is 5.91 Å². The van der Waals surface area contributed by atoms with Crippen LogP contribution in [-0.2, 0) is 4.79 Å². The van der Waals surface area contributed by atoms with E-state index in [2.05, 4.69) is 22.2 Å². The molecule has 1 N–H and O–H groups in total. The van der Waals surface area contributed by atoms with Crippen molar-refractivity contribution in [2.75, 3.05) is 32.7 Å². The predicted octanol–water partition coefficient (Wildman–Crippen LogP) is 1.85. The Morgan fingerprint density at radius 2 is 1.79 bits per heavy atom. The predicted molar refractivity (Wildman–Crippen MR) is 109 cm³/mol. The third-order valence-electron chi connectivity index (χ3n) is 5.24. The highest BCUT2D eigenvalue weighted by atomic mass is 16.2. The Balaban J connectivity index is 1.52. The molecular formula is C21H29N5O2. The van der Waals surface area contributed by atoms with Gasteiger partial charge in [-0.1, -0.05) is 6.92 Å². The minimum Gasteiger partial charge on any atom is -0.353 e. The van der Waals surface area contributed by atoms with E-state index < -0.39 is 0 Å². The fourth-order valence-electron chi connectivity index (χ4n) is 3.30. The summed E-state index contributed by atoms with van der Waals surface area (Å²) in [5.41, 5.74) is 2.67. The van der Waals surface area contributed by atoms with E-state index in [1.54, 1.807) is 6.20 Å². The topological polar surface area (TPSA) is 70.5 Å². The van der Waals surface area contributed by atoms with Crippen molar-refractivity contribution in [3.05, 3.63) is 47.8 Å². The van der Waals surface area contributed by atoms with Crippen LogP contribution in [0.1, 0.15) is 36.3 Å². The monoisotopic (exact) mass is 383 g/mol. The number of rotatable bonds is 6. The maximum Gasteiger partial charge on any atom is 0.253 e. The summed E-state index contributed by atoms with van der Waals surface area (Å²) in [6.07, 6.45) is 2.68. The molecule has 1 atom stereocenters. The zero-order chi connectivity index (χ0) is 20.1. The number of amides is 2. The van der Waals surface area contributed by atoms with Gasteiger partial charge in [0.15, 0.2) is 0 Å². The molecule has 2 amide bonds. The molecule has 1 aromatic carbocycles. The summed E-state index contributed by atoms with van der Waals surface area (Å²) in [6.45, 7) is 9.14. The van der Waals surface area contributed by atoms with Crippen LogP contribution in [0, 0.1) is 6.92 Å². The van der Waals surface area contributed by atoms with E-state index in [1.165, 1.54) is 0 Å². The number of piperazine rings is 1. The maximum atomic E-state index is 12.8. The van der Waals surface area contributed by atoms with Crippen LogP contribution in [0.5, 0.6) is 0 Å². The number of aryl methyl sites for hydroxylation is 1. The number of nitrogens with one attached hydrogen (secondary N) is 1. The van der Waals surface area contributed by atoms with Crippen molar-refractivity contribution >= 4 is 11.8 Å². The fraction of sp³-hybridized carbons (Fsp3) is 0.476. The molecule has 28 heavy (non-hydrogen) atoms. The van der Waals surface area contributed by atoms with Gasteiger partial charge in [-0.2, -0.15) is 5.10 Å². The summed E-state index contributed by atoms with van der Waals surface area (Å²) >= 11 is 0. The normalized spacial score (nSPS) is 16.0. The smallest absolute Gasteiger partial charge is 0.253 e. The number of hydrogen-bond acceptors (Lipinski definition) is 4. The molecule has 3 rings (SSSR count). The van der Waals surface area contributed by atoms with E-state index in [9.17, 15) is 9.59 Å². The lowest BCUT2D eigenvalue weighted by Gasteiger charge is -2.34. The van der Waals surface area contributed by atoms with Crippen LogP contribution in [0.4, 0.5) is 0 Å². The molecule has 1 aliphatic rings. The van der Waals surface area contributed by atoms with Crippen LogP contribution < -0.4 is 5.32 Å². The summed E-state index contributed by atoms with van der Waals surface area (Å²) in [6, 6.07) is 9.69. The van der Waals surface area contributed by atoms with E-state index in [-0.39, 0.29) is 17.9 Å². The maximum absolute atomic E-state index is 12.8. The van der Waals surface area contributed by atoms with Crippen molar-refractivity contribution < 1.29 is 9.59 Å². The second-order valence-corrected chi connectivity index (χ2v) is 7.38. The third-order valence-corrected chi connectivity index (χ3v) is 5.24. The Morgan fingerprint density at radius 1 is 1.11 bits per heavy atom. The number of hydrogen-bond donors (Lipinski definition) is 1. The molecule has 1 unspecified atom stereocenters. The first kappa shape index (κ1) is 20.1. The lowest BCUT2D eigenvalue weighted by Crippen LogP contribution is -2.51. The van der Waals surface area contributed by atoms with Crippen LogP contribution in [0.15, 0.2) is 36.5 Å². The van der Waals surface area contributed by atoms with Gasteiger partial charge in [-0.3, -0.25) is 14.5 Å². The fourth-order valence-corrected chi connectivity index (χ4v) is 3.30. The van der Waals surface area contributed by atoms with Crippen molar-refractivity contribution in [2.45, 2.75) is 33.2 Å². The molecule has 2 heterocycles. The number of aromatic nitrogens is 2. The molecule has 0 radical (unpaired) electrons. The minimum atomic E-state index is 0.0347. The van der Waals surface area contributed by atoms with Gasteiger partial charge in [0.1, 0.15) is 0 Å². The highest BCUT2D eigenvalue weighted by Gasteiger charge is 2.23. The number of benzene rings is 1. The van der Waals surface area contributed by atoms with Gasteiger partial charge in [0.05, 0.1) is 12.2 Å². The standard InChI is InChI=1S/C21H29N5O2/c1-4-16(2)23-20(27)15-24-11-13-25(14-12-24)21(28)18-5-7-19(8-6-18)26-17(3)9-10-22-26/h5-10,16H,4,11-15H2,1-3H3,(H,23,27). The van der Waals surface area contributed by atoms with Crippen LogP contribution in [0.2, 0.25) is 0 Å². The molecule has 0 aliphatic carbocycles. The van der Waals surface area contributed by atoms with Crippen molar-refractivity contribution in [3.63, 3.8) is 0 Å². The quantitative estimate of drug-likeness (QED) is 0.827. The van der Waals surface area contributed by atoms with Gasteiger partial charge in [0, 0.05) is 49.7 Å². The van der Waals surface area contributed by atoms with Crippen LogP contribution in [-0.4, -0.2) is 70.2 Å². The first-order chi connectivity index (χ1) is 13.5. The minimum absolute atomic E-state index is 0.0347. The molecule has 1 fully saturated rings. The van der Waals surface area contributed by atoms with Gasteiger partial charge in [-0.15, -0.1) is 0 Å². The molecule has 1 aliphatic heterocycles. The molecule has 7 heteroatoms. The molecule has 1 aromatic heterocycles. The second kappa shape index (κ2) is 9.01. The average Bonchev–Trinajstić information content (AvgIpc) is 3.14. The summed E-state index contributed by atoms with van der Waals surface area (Å²) < 4.78 is 1.84. The molecule has 0 saturated carbocycles. The number of carbonyl (C=O) groups excluding carboxylic acids is 2. The Bertz CT molecular complexity index is 806. The molecule has 0 bridgehead atoms. The highest BCUT2D eigenvalue weighted by Crippen LogP contribution is 2.14. The Labute approximate surface area is 166 Å². The van der Waals surface area contributed by atoms with E-state index in [0.717, 1.165) is 17.8 Å². The van der Waals surface area contributed by atoms with Crippen LogP contribution >= 0.6 is 0 Å². The third kappa shape index (κ3) is 4.78. The summed E-state index contributed by atoms with van der Waals surface area (Å²) in [4.78, 5) is 28.8. The molecule has 1 saturated heterocycles. The van der Waals surface area contributed by atoms with Gasteiger partial charge in [-0.05, 0) is 50.6 Å². The van der Waals surface area contributed by atoms with Crippen molar-refractivity contribution in [2.24, 2.45) is 0 Å². The van der Waals surface area contributed by atoms with E-state index in [4.69, 9.17) is 0 Å². The lowest BCUT2D eigenvalue weighted by molar-refractivity contribution is -0.123.